The average molecular weight is 700 g/mol. The van der Waals surface area contributed by atoms with Crippen molar-refractivity contribution in [2.24, 2.45) is 0 Å². The van der Waals surface area contributed by atoms with E-state index in [2.05, 4.69) is 0 Å². The predicted octanol–water partition coefficient (Wildman–Crippen LogP) is -37.3. The van der Waals surface area contributed by atoms with E-state index < -0.39 is 38.0 Å². The molecule has 0 heterocycles. The van der Waals surface area contributed by atoms with E-state index in [9.17, 15) is 0 Å². The van der Waals surface area contributed by atoms with Crippen molar-refractivity contribution in [3.8, 4) is 0 Å². The first kappa shape index (κ1) is 96.9. The summed E-state index contributed by atoms with van der Waals surface area (Å²) < 4.78 is 45.5. The van der Waals surface area contributed by atoms with Gasteiger partial charge in [0.25, 0.3) is 0 Å². The molecule has 0 fully saturated rings. The van der Waals surface area contributed by atoms with Gasteiger partial charge in [-0.05, 0) is 33.3 Å². The molecule has 0 aliphatic carbocycles. The second-order valence-electron chi connectivity index (χ2n) is 3.86. The molecule has 0 bridgehead atoms. The van der Waals surface area contributed by atoms with Gasteiger partial charge in [0.1, 0.15) is 0 Å². The third kappa shape index (κ3) is 708. The van der Waals surface area contributed by atoms with E-state index in [1.54, 1.807) is 0 Å². The van der Waals surface area contributed by atoms with Gasteiger partial charge in [-0.1, -0.05) is 38.0 Å². The maximum Gasteiger partial charge on any atom is 1.00 e. The molecule has 0 saturated heterocycles. The second kappa shape index (κ2) is 51.6. The van der Waals surface area contributed by atoms with Crippen molar-refractivity contribution in [3.63, 3.8) is 0 Å². The Morgan fingerprint density at radius 1 is 0.257 bits per heavy atom. The summed E-state index contributed by atoms with van der Waals surface area (Å²) in [7, 11) is -20.7. The Balaban J connectivity index is -0.0000000103. The van der Waals surface area contributed by atoms with E-state index in [1.807, 2.05) is 0 Å². The third-order valence-electron chi connectivity index (χ3n) is 0. The van der Waals surface area contributed by atoms with Gasteiger partial charge in [0.2, 0.25) is 0 Å². The third-order valence-corrected chi connectivity index (χ3v) is 0. The van der Waals surface area contributed by atoms with Gasteiger partial charge < -0.3 is 71.8 Å². The molecule has 0 saturated carbocycles. The van der Waals surface area contributed by atoms with Crippen LogP contribution in [-0.2, 0) is 22.8 Å². The Morgan fingerprint density at radius 3 is 0.257 bits per heavy atom. The van der Waals surface area contributed by atoms with Crippen molar-refractivity contribution in [1.82, 2.24) is 0 Å². The summed E-state index contributed by atoms with van der Waals surface area (Å²) in [6.45, 7) is 3.16. The second-order valence-corrected chi connectivity index (χ2v) is 11.6. The number of rotatable bonds is 0. The fourth-order valence-corrected chi connectivity index (χ4v) is 0. The predicted molar refractivity (Wildman–Crippen MR) is 67.7 cm³/mol. The van der Waals surface area contributed by atoms with E-state index in [4.69, 9.17) is 71.8 Å². The Kier molecular flexibility index (Phi) is 143. The van der Waals surface area contributed by atoms with Gasteiger partial charge in [-0.25, -0.2) is 0 Å². The first-order valence-electron chi connectivity index (χ1n) is 4.97. The fourth-order valence-electron chi connectivity index (χ4n) is 0. The molecule has 0 aromatic rings. The molecular formula is C5H15Na10O15P5. The molecule has 0 unspecified atom stereocenters. The van der Waals surface area contributed by atoms with Crippen molar-refractivity contribution < 1.29 is 367 Å². The maximum absolute atomic E-state index is 9.10. The van der Waals surface area contributed by atoms with Crippen LogP contribution in [0.25, 0.3) is 0 Å². The van der Waals surface area contributed by atoms with Crippen LogP contribution in [0.3, 0.4) is 0 Å². The zero-order valence-corrected chi connectivity index (χ0v) is 47.8. The smallest absolute Gasteiger partial charge is 0.811 e. The zero-order chi connectivity index (χ0) is 22.5. The standard InChI is InChI=1S/5CH5O3P.10Na/c5*1-5(2,3)4;;;;;;;;;;/h5*1H3,(H2,2,3,4);;;;;;;;;;/q;;;;;10*+1/p-10. The molecule has 0 rings (SSSR count). The van der Waals surface area contributed by atoms with E-state index in [-0.39, 0.29) is 296 Å². The Labute approximate surface area is 428 Å². The minimum Gasteiger partial charge on any atom is -0.811 e. The SMILES string of the molecule is CP(=O)([O-])[O-].CP(=O)([O-])[O-].CP(=O)([O-])[O-].CP(=O)([O-])[O-].CP(=O)([O-])[O-].[Na+].[Na+].[Na+].[Na+].[Na+].[Na+].[Na+].[Na+].[Na+].[Na+]. The molecule has 0 N–H and O–H groups in total. The maximum atomic E-state index is 9.10. The van der Waals surface area contributed by atoms with Crippen molar-refractivity contribution >= 4 is 38.0 Å². The average Bonchev–Trinajstić information content (AvgIpc) is 1.79. The molecule has 30 heteroatoms. The molecule has 0 aromatic heterocycles. The van der Waals surface area contributed by atoms with Crippen LogP contribution in [0.4, 0.5) is 0 Å². The first-order chi connectivity index (χ1) is 10.0. The molecular weight excluding hydrogens is 685 g/mol. The molecule has 0 spiro atoms. The number of hydrogen-bond acceptors (Lipinski definition) is 15. The normalized spacial score (nSPS) is 8.43. The van der Waals surface area contributed by atoms with Crippen LogP contribution in [0.15, 0.2) is 0 Å². The molecule has 35 heavy (non-hydrogen) atoms. The van der Waals surface area contributed by atoms with Crippen molar-refractivity contribution in [2.45, 2.75) is 0 Å². The quantitative estimate of drug-likeness (QED) is 0.167. The van der Waals surface area contributed by atoms with E-state index in [0.29, 0.717) is 33.3 Å². The molecule has 0 amide bonds. The summed E-state index contributed by atoms with van der Waals surface area (Å²) in [5, 5.41) is 0. The summed E-state index contributed by atoms with van der Waals surface area (Å²) >= 11 is 0. The summed E-state index contributed by atoms with van der Waals surface area (Å²) in [5.74, 6) is 0. The number of hydrogen-bond donors (Lipinski definition) is 0. The molecule has 0 aromatic carbocycles. The van der Waals surface area contributed by atoms with Gasteiger partial charge in [0, 0.05) is 0 Å². The van der Waals surface area contributed by atoms with Gasteiger partial charge >= 0.3 is 296 Å². The van der Waals surface area contributed by atoms with Crippen LogP contribution in [0, 0.1) is 0 Å². The zero-order valence-electron chi connectivity index (χ0n) is 23.4. The largest absolute Gasteiger partial charge is 1.00 e. The van der Waals surface area contributed by atoms with Crippen LogP contribution in [0.2, 0.25) is 0 Å². The van der Waals surface area contributed by atoms with Crippen molar-refractivity contribution in [2.75, 3.05) is 33.3 Å². The Hall–Kier alpha value is 10.8. The van der Waals surface area contributed by atoms with Crippen LogP contribution >= 0.6 is 38.0 Å². The van der Waals surface area contributed by atoms with E-state index in [0.717, 1.165) is 0 Å². The molecule has 0 radical (unpaired) electrons. The molecule has 0 atom stereocenters. The van der Waals surface area contributed by atoms with E-state index in [1.165, 1.54) is 0 Å². The molecule has 0 aliphatic rings. The minimum absolute atomic E-state index is 0. The minimum atomic E-state index is -4.14. The summed E-state index contributed by atoms with van der Waals surface area (Å²) in [6, 6.07) is 0. The van der Waals surface area contributed by atoms with Crippen LogP contribution in [0.1, 0.15) is 0 Å². The van der Waals surface area contributed by atoms with E-state index >= 15 is 0 Å². The monoisotopic (exact) mass is 700 g/mol. The fraction of sp³-hybridized carbons (Fsp3) is 1.00. The van der Waals surface area contributed by atoms with Gasteiger partial charge in [-0.15, -0.1) is 0 Å². The summed E-state index contributed by atoms with van der Waals surface area (Å²) in [6.07, 6.45) is 0. The van der Waals surface area contributed by atoms with Crippen molar-refractivity contribution in [1.29, 1.82) is 0 Å². The molecule has 160 valence electrons. The Bertz CT molecular complexity index is 411. The first-order valence-corrected chi connectivity index (χ1v) is 14.9. The summed E-state index contributed by atoms with van der Waals surface area (Å²) in [4.78, 5) is 91.0. The molecule has 15 nitrogen and oxygen atoms in total. The summed E-state index contributed by atoms with van der Waals surface area (Å²) in [5.41, 5.74) is 0. The Morgan fingerprint density at radius 2 is 0.257 bits per heavy atom. The molecule has 0 aliphatic heterocycles. The van der Waals surface area contributed by atoms with Gasteiger partial charge in [0.15, 0.2) is 0 Å². The van der Waals surface area contributed by atoms with Gasteiger partial charge in [0.05, 0.1) is 0 Å². The van der Waals surface area contributed by atoms with Crippen LogP contribution in [-0.4, -0.2) is 33.3 Å². The van der Waals surface area contributed by atoms with Crippen LogP contribution in [0.5, 0.6) is 0 Å². The van der Waals surface area contributed by atoms with Gasteiger partial charge in [-0.2, -0.15) is 0 Å². The topological polar surface area (TPSA) is 316 Å². The van der Waals surface area contributed by atoms with Crippen LogP contribution < -0.4 is 345 Å². The van der Waals surface area contributed by atoms with Gasteiger partial charge in [-0.3, -0.25) is 0 Å². The van der Waals surface area contributed by atoms with Crippen molar-refractivity contribution in [3.05, 3.63) is 0 Å².